The summed E-state index contributed by atoms with van der Waals surface area (Å²) >= 11 is 0. The summed E-state index contributed by atoms with van der Waals surface area (Å²) in [6, 6.07) is 11.1. The van der Waals surface area contributed by atoms with Gasteiger partial charge in [-0.05, 0) is 12.5 Å². The third-order valence-electron chi connectivity index (χ3n) is 3.20. The molecule has 0 spiro atoms. The zero-order valence-corrected chi connectivity index (χ0v) is 12.8. The van der Waals surface area contributed by atoms with Gasteiger partial charge in [0.2, 0.25) is 5.75 Å². The van der Waals surface area contributed by atoms with Crippen LogP contribution in [-0.4, -0.2) is 25.1 Å². The van der Waals surface area contributed by atoms with Crippen molar-refractivity contribution in [1.82, 2.24) is 0 Å². The van der Waals surface area contributed by atoms with Crippen LogP contribution in [0, 0.1) is 0 Å². The minimum Gasteiger partial charge on any atom is -0.504 e. The zero-order chi connectivity index (χ0) is 16.1. The highest BCUT2D eigenvalue weighted by Gasteiger charge is 2.23. The van der Waals surface area contributed by atoms with Gasteiger partial charge in [0.25, 0.3) is 0 Å². The Labute approximate surface area is 129 Å². The van der Waals surface area contributed by atoms with E-state index in [0.717, 1.165) is 5.56 Å². The van der Waals surface area contributed by atoms with Gasteiger partial charge in [-0.1, -0.05) is 30.3 Å². The fourth-order valence-corrected chi connectivity index (χ4v) is 2.14. The Morgan fingerprint density at radius 3 is 2.32 bits per heavy atom. The maximum atomic E-state index is 11.7. The summed E-state index contributed by atoms with van der Waals surface area (Å²) in [5.41, 5.74) is 1.05. The molecule has 0 aliphatic carbocycles. The van der Waals surface area contributed by atoms with Gasteiger partial charge in [0.05, 0.1) is 14.2 Å². The lowest BCUT2D eigenvalue weighted by atomic mass is 10.1. The summed E-state index contributed by atoms with van der Waals surface area (Å²) in [6.07, 6.45) is 0. The van der Waals surface area contributed by atoms with Crippen molar-refractivity contribution in [3.63, 3.8) is 0 Å². The molecule has 2 rings (SSSR count). The molecule has 0 heterocycles. The summed E-state index contributed by atoms with van der Waals surface area (Å²) in [7, 11) is 2.83. The van der Waals surface area contributed by atoms with E-state index >= 15 is 0 Å². The zero-order valence-electron chi connectivity index (χ0n) is 12.8. The number of carbonyl (C=O) groups excluding carboxylic acids is 1. The SMILES string of the molecule is COc1cc(OCc2ccccc2)c(OC)c(O)c1C(C)=O. The summed E-state index contributed by atoms with van der Waals surface area (Å²) in [6.45, 7) is 1.65. The molecule has 22 heavy (non-hydrogen) atoms. The quantitative estimate of drug-likeness (QED) is 0.830. The van der Waals surface area contributed by atoms with Gasteiger partial charge in [-0.25, -0.2) is 0 Å². The number of rotatable bonds is 6. The Hall–Kier alpha value is -2.69. The van der Waals surface area contributed by atoms with E-state index < -0.39 is 0 Å². The van der Waals surface area contributed by atoms with Crippen molar-refractivity contribution in [2.24, 2.45) is 0 Å². The van der Waals surface area contributed by atoms with Crippen LogP contribution < -0.4 is 14.2 Å². The van der Waals surface area contributed by atoms with Crippen LogP contribution in [0.25, 0.3) is 0 Å². The Morgan fingerprint density at radius 2 is 1.77 bits per heavy atom. The van der Waals surface area contributed by atoms with Gasteiger partial charge >= 0.3 is 0 Å². The number of benzene rings is 2. The van der Waals surface area contributed by atoms with E-state index in [0.29, 0.717) is 12.4 Å². The van der Waals surface area contributed by atoms with Crippen molar-refractivity contribution in [1.29, 1.82) is 0 Å². The van der Waals surface area contributed by atoms with Gasteiger partial charge in [0, 0.05) is 6.07 Å². The van der Waals surface area contributed by atoms with Gasteiger partial charge in [0.15, 0.2) is 17.3 Å². The smallest absolute Gasteiger partial charge is 0.204 e. The highest BCUT2D eigenvalue weighted by atomic mass is 16.5. The number of phenols is 1. The van der Waals surface area contributed by atoms with E-state index in [1.165, 1.54) is 27.2 Å². The monoisotopic (exact) mass is 302 g/mol. The molecule has 1 N–H and O–H groups in total. The molecule has 5 heteroatoms. The number of Topliss-reactive ketones (excluding diaryl/α,β-unsaturated/α-hetero) is 1. The number of aromatic hydroxyl groups is 1. The van der Waals surface area contributed by atoms with E-state index in [2.05, 4.69) is 0 Å². The molecule has 0 radical (unpaired) electrons. The van der Waals surface area contributed by atoms with Gasteiger partial charge in [0.1, 0.15) is 17.9 Å². The highest BCUT2D eigenvalue weighted by molar-refractivity contribution is 6.01. The minimum absolute atomic E-state index is 0.0754. The molecular weight excluding hydrogens is 284 g/mol. The molecule has 0 saturated heterocycles. The van der Waals surface area contributed by atoms with E-state index in [4.69, 9.17) is 14.2 Å². The minimum atomic E-state index is -0.317. The van der Waals surface area contributed by atoms with Crippen LogP contribution in [0.3, 0.4) is 0 Å². The second-order valence-corrected chi connectivity index (χ2v) is 4.66. The second-order valence-electron chi connectivity index (χ2n) is 4.66. The topological polar surface area (TPSA) is 65.0 Å². The normalized spacial score (nSPS) is 10.1. The number of hydrogen-bond acceptors (Lipinski definition) is 5. The van der Waals surface area contributed by atoms with Crippen molar-refractivity contribution in [2.45, 2.75) is 13.5 Å². The largest absolute Gasteiger partial charge is 0.504 e. The molecule has 0 aromatic heterocycles. The molecule has 0 fully saturated rings. The lowest BCUT2D eigenvalue weighted by molar-refractivity contribution is 0.101. The van der Waals surface area contributed by atoms with Gasteiger partial charge in [-0.3, -0.25) is 4.79 Å². The van der Waals surface area contributed by atoms with E-state index in [1.807, 2.05) is 30.3 Å². The lowest BCUT2D eigenvalue weighted by Crippen LogP contribution is -2.03. The van der Waals surface area contributed by atoms with Crippen LogP contribution in [0.1, 0.15) is 22.8 Å². The van der Waals surface area contributed by atoms with E-state index in [1.54, 1.807) is 0 Å². The first-order chi connectivity index (χ1) is 10.6. The van der Waals surface area contributed by atoms with Crippen LogP contribution in [0.5, 0.6) is 23.0 Å². The number of phenolic OH excluding ortho intramolecular Hbond substituents is 1. The molecule has 0 unspecified atom stereocenters. The molecule has 0 atom stereocenters. The summed E-state index contributed by atoms with van der Waals surface area (Å²) < 4.78 is 16.0. The van der Waals surface area contributed by atoms with Gasteiger partial charge in [-0.15, -0.1) is 0 Å². The van der Waals surface area contributed by atoms with Crippen molar-refractivity contribution in [3.8, 4) is 23.0 Å². The van der Waals surface area contributed by atoms with Crippen LogP contribution in [-0.2, 0) is 6.61 Å². The number of hydrogen-bond donors (Lipinski definition) is 1. The number of ketones is 1. The molecule has 0 aliphatic rings. The van der Waals surface area contributed by atoms with Crippen LogP contribution in [0.15, 0.2) is 36.4 Å². The maximum absolute atomic E-state index is 11.7. The molecule has 0 amide bonds. The maximum Gasteiger partial charge on any atom is 0.204 e. The summed E-state index contributed by atoms with van der Waals surface area (Å²) in [4.78, 5) is 11.7. The molecule has 2 aromatic rings. The lowest BCUT2D eigenvalue weighted by Gasteiger charge is -2.16. The third kappa shape index (κ3) is 3.14. The van der Waals surface area contributed by atoms with Crippen molar-refractivity contribution in [2.75, 3.05) is 14.2 Å². The van der Waals surface area contributed by atoms with Crippen LogP contribution >= 0.6 is 0 Å². The Morgan fingerprint density at radius 1 is 1.09 bits per heavy atom. The number of carbonyl (C=O) groups is 1. The second kappa shape index (κ2) is 6.85. The molecule has 0 aliphatic heterocycles. The van der Waals surface area contributed by atoms with Crippen LogP contribution in [0.4, 0.5) is 0 Å². The Kier molecular flexibility index (Phi) is 4.88. The molecule has 5 nitrogen and oxygen atoms in total. The fourth-order valence-electron chi connectivity index (χ4n) is 2.14. The molecule has 0 bridgehead atoms. The predicted octanol–water partition coefficient (Wildman–Crippen LogP) is 3.19. The summed E-state index contributed by atoms with van der Waals surface area (Å²) in [5, 5.41) is 10.2. The first kappa shape index (κ1) is 15.7. The third-order valence-corrected chi connectivity index (χ3v) is 3.20. The molecular formula is C17H18O5. The molecule has 116 valence electrons. The Balaban J connectivity index is 2.38. The number of methoxy groups -OCH3 is 2. The van der Waals surface area contributed by atoms with Crippen LogP contribution in [0.2, 0.25) is 0 Å². The first-order valence-electron chi connectivity index (χ1n) is 6.74. The van der Waals surface area contributed by atoms with Crippen molar-refractivity contribution >= 4 is 5.78 Å². The summed E-state index contributed by atoms with van der Waals surface area (Å²) in [5.74, 6) is 0.0705. The number of ether oxygens (including phenoxy) is 3. The van der Waals surface area contributed by atoms with E-state index in [9.17, 15) is 9.90 Å². The highest BCUT2D eigenvalue weighted by Crippen LogP contribution is 2.44. The van der Waals surface area contributed by atoms with E-state index in [-0.39, 0.29) is 28.6 Å². The fraction of sp³-hybridized carbons (Fsp3) is 0.235. The average molecular weight is 302 g/mol. The predicted molar refractivity (Wildman–Crippen MR) is 82.0 cm³/mol. The Bertz CT molecular complexity index is 664. The molecule has 2 aromatic carbocycles. The van der Waals surface area contributed by atoms with Crippen molar-refractivity contribution in [3.05, 3.63) is 47.5 Å². The standard InChI is InChI=1S/C17H18O5/c1-11(18)15-13(20-2)9-14(17(21-3)16(15)19)22-10-12-7-5-4-6-8-12/h4-9,19H,10H2,1-3H3. The average Bonchev–Trinajstić information content (AvgIpc) is 2.52. The van der Waals surface area contributed by atoms with Crippen molar-refractivity contribution < 1.29 is 24.1 Å². The molecule has 0 saturated carbocycles. The van der Waals surface area contributed by atoms with Gasteiger partial charge < -0.3 is 19.3 Å². The first-order valence-corrected chi connectivity index (χ1v) is 6.74. The van der Waals surface area contributed by atoms with Gasteiger partial charge in [-0.2, -0.15) is 0 Å².